The molecule has 96 valence electrons. The normalized spacial score (nSPS) is 12.8. The molecule has 0 fully saturated rings. The van der Waals surface area contributed by atoms with Gasteiger partial charge in [-0.1, -0.05) is 32.6 Å². The lowest BCUT2D eigenvalue weighted by Gasteiger charge is -2.13. The Labute approximate surface area is 99.5 Å². The first-order chi connectivity index (χ1) is 7.56. The summed E-state index contributed by atoms with van der Waals surface area (Å²) < 4.78 is 10.4. The van der Waals surface area contributed by atoms with Crippen molar-refractivity contribution in [1.82, 2.24) is 0 Å². The minimum absolute atomic E-state index is 0.0593. The molecule has 0 aromatic heterocycles. The van der Waals surface area contributed by atoms with Gasteiger partial charge in [0.25, 0.3) is 0 Å². The number of esters is 1. The fourth-order valence-corrected chi connectivity index (χ4v) is 1.45. The fourth-order valence-electron chi connectivity index (χ4n) is 1.45. The summed E-state index contributed by atoms with van der Waals surface area (Å²) in [6.45, 7) is 7.96. The van der Waals surface area contributed by atoms with Gasteiger partial charge < -0.3 is 9.47 Å². The first kappa shape index (κ1) is 15.4. The Balaban J connectivity index is 3.42. The third-order valence-corrected chi connectivity index (χ3v) is 2.32. The average Bonchev–Trinajstić information content (AvgIpc) is 2.20. The van der Waals surface area contributed by atoms with Crippen molar-refractivity contribution in [1.29, 1.82) is 0 Å². The van der Waals surface area contributed by atoms with Crippen LogP contribution in [0.5, 0.6) is 0 Å². The van der Waals surface area contributed by atoms with Gasteiger partial charge in [-0.25, -0.2) is 4.79 Å². The smallest absolute Gasteiger partial charge is 0.332 e. The number of carbonyl (C=O) groups excluding carboxylic acids is 1. The molecule has 0 bridgehead atoms. The minimum Gasteiger partial charge on any atom is -0.461 e. The second kappa shape index (κ2) is 9.64. The standard InChI is InChI=1S/C13H26O3/c1-5-6-7-8-9-12(4)15-10-13(14)16-11(2)3/h11-12H,5-10H2,1-4H3. The van der Waals surface area contributed by atoms with Crippen LogP contribution >= 0.6 is 0 Å². The Hall–Kier alpha value is -0.570. The van der Waals surface area contributed by atoms with E-state index in [2.05, 4.69) is 6.92 Å². The molecule has 0 N–H and O–H groups in total. The Morgan fingerprint density at radius 3 is 2.38 bits per heavy atom. The van der Waals surface area contributed by atoms with E-state index in [0.29, 0.717) is 0 Å². The number of unbranched alkanes of at least 4 members (excludes halogenated alkanes) is 3. The van der Waals surface area contributed by atoms with Crippen molar-refractivity contribution in [3.63, 3.8) is 0 Å². The third kappa shape index (κ3) is 9.97. The van der Waals surface area contributed by atoms with Crippen LogP contribution in [0, 0.1) is 0 Å². The molecule has 0 saturated carbocycles. The first-order valence-corrected chi connectivity index (χ1v) is 6.37. The molecule has 0 aliphatic heterocycles. The fraction of sp³-hybridized carbons (Fsp3) is 0.923. The maximum absolute atomic E-state index is 11.2. The molecule has 1 atom stereocenters. The molecular weight excluding hydrogens is 204 g/mol. The van der Waals surface area contributed by atoms with Crippen LogP contribution in [-0.4, -0.2) is 24.8 Å². The van der Waals surface area contributed by atoms with Crippen LogP contribution in [0.2, 0.25) is 0 Å². The Morgan fingerprint density at radius 2 is 1.81 bits per heavy atom. The quantitative estimate of drug-likeness (QED) is 0.450. The lowest BCUT2D eigenvalue weighted by Crippen LogP contribution is -2.20. The zero-order valence-corrected chi connectivity index (χ0v) is 11.1. The van der Waals surface area contributed by atoms with E-state index in [-0.39, 0.29) is 24.8 Å². The van der Waals surface area contributed by atoms with E-state index in [1.54, 1.807) is 0 Å². The van der Waals surface area contributed by atoms with Crippen LogP contribution in [0.4, 0.5) is 0 Å². The Bertz CT molecular complexity index is 178. The SMILES string of the molecule is CCCCCCC(C)OCC(=O)OC(C)C. The lowest BCUT2D eigenvalue weighted by atomic mass is 10.1. The summed E-state index contributed by atoms with van der Waals surface area (Å²) >= 11 is 0. The Morgan fingerprint density at radius 1 is 1.12 bits per heavy atom. The molecule has 0 rings (SSSR count). The maximum atomic E-state index is 11.2. The van der Waals surface area contributed by atoms with Gasteiger partial charge in [0.1, 0.15) is 6.61 Å². The van der Waals surface area contributed by atoms with E-state index in [4.69, 9.17) is 9.47 Å². The highest BCUT2D eigenvalue weighted by Gasteiger charge is 2.08. The van der Waals surface area contributed by atoms with Gasteiger partial charge in [-0.15, -0.1) is 0 Å². The van der Waals surface area contributed by atoms with E-state index in [9.17, 15) is 4.79 Å². The van der Waals surface area contributed by atoms with E-state index >= 15 is 0 Å². The van der Waals surface area contributed by atoms with Gasteiger partial charge in [-0.05, 0) is 27.2 Å². The molecule has 0 radical (unpaired) electrons. The van der Waals surface area contributed by atoms with Gasteiger partial charge in [-0.2, -0.15) is 0 Å². The largest absolute Gasteiger partial charge is 0.461 e. The summed E-state index contributed by atoms with van der Waals surface area (Å²) in [6.07, 6.45) is 6.06. The lowest BCUT2D eigenvalue weighted by molar-refractivity contribution is -0.154. The molecule has 0 aliphatic carbocycles. The summed E-state index contributed by atoms with van der Waals surface area (Å²) in [6, 6.07) is 0. The van der Waals surface area contributed by atoms with Gasteiger partial charge in [0.15, 0.2) is 0 Å². The van der Waals surface area contributed by atoms with Crippen molar-refractivity contribution in [2.75, 3.05) is 6.61 Å². The topological polar surface area (TPSA) is 35.5 Å². The van der Waals surface area contributed by atoms with E-state index in [1.165, 1.54) is 25.7 Å². The molecule has 3 heteroatoms. The highest BCUT2D eigenvalue weighted by molar-refractivity contribution is 5.70. The van der Waals surface area contributed by atoms with Crippen molar-refractivity contribution in [3.8, 4) is 0 Å². The van der Waals surface area contributed by atoms with Gasteiger partial charge in [-0.3, -0.25) is 0 Å². The molecule has 0 heterocycles. The maximum Gasteiger partial charge on any atom is 0.332 e. The van der Waals surface area contributed by atoms with E-state index < -0.39 is 0 Å². The van der Waals surface area contributed by atoms with Crippen LogP contribution in [0.3, 0.4) is 0 Å². The van der Waals surface area contributed by atoms with Gasteiger partial charge in [0.2, 0.25) is 0 Å². The number of carbonyl (C=O) groups is 1. The van der Waals surface area contributed by atoms with Crippen molar-refractivity contribution in [3.05, 3.63) is 0 Å². The molecule has 0 amide bonds. The summed E-state index contributed by atoms with van der Waals surface area (Å²) in [5, 5.41) is 0. The predicted octanol–water partition coefficient (Wildman–Crippen LogP) is 3.31. The number of hydrogen-bond donors (Lipinski definition) is 0. The number of rotatable bonds is 9. The van der Waals surface area contributed by atoms with Crippen LogP contribution in [0.25, 0.3) is 0 Å². The zero-order valence-electron chi connectivity index (χ0n) is 11.1. The van der Waals surface area contributed by atoms with Crippen molar-refractivity contribution < 1.29 is 14.3 Å². The molecule has 0 spiro atoms. The van der Waals surface area contributed by atoms with Crippen LogP contribution in [0.1, 0.15) is 59.8 Å². The van der Waals surface area contributed by atoms with E-state index in [1.807, 2.05) is 20.8 Å². The summed E-state index contributed by atoms with van der Waals surface area (Å²) in [5.41, 5.74) is 0. The second-order valence-electron chi connectivity index (χ2n) is 4.51. The van der Waals surface area contributed by atoms with Gasteiger partial charge >= 0.3 is 5.97 Å². The van der Waals surface area contributed by atoms with Crippen LogP contribution in [-0.2, 0) is 14.3 Å². The monoisotopic (exact) mass is 230 g/mol. The zero-order chi connectivity index (χ0) is 12.4. The number of ether oxygens (including phenoxy) is 2. The van der Waals surface area contributed by atoms with E-state index in [0.717, 1.165) is 6.42 Å². The van der Waals surface area contributed by atoms with Crippen molar-refractivity contribution >= 4 is 5.97 Å². The average molecular weight is 230 g/mol. The molecule has 0 aromatic carbocycles. The first-order valence-electron chi connectivity index (χ1n) is 6.37. The van der Waals surface area contributed by atoms with Crippen molar-refractivity contribution in [2.45, 2.75) is 72.0 Å². The Kier molecular flexibility index (Phi) is 9.30. The number of hydrogen-bond acceptors (Lipinski definition) is 3. The molecule has 0 aromatic rings. The summed E-state index contributed by atoms with van der Waals surface area (Å²) in [5.74, 6) is -0.268. The second-order valence-corrected chi connectivity index (χ2v) is 4.51. The van der Waals surface area contributed by atoms with Crippen LogP contribution < -0.4 is 0 Å². The molecule has 16 heavy (non-hydrogen) atoms. The summed E-state index contributed by atoms with van der Waals surface area (Å²) in [7, 11) is 0. The van der Waals surface area contributed by atoms with Gasteiger partial charge in [0.05, 0.1) is 12.2 Å². The minimum atomic E-state index is -0.268. The summed E-state index contributed by atoms with van der Waals surface area (Å²) in [4.78, 5) is 11.2. The van der Waals surface area contributed by atoms with Gasteiger partial charge in [0, 0.05) is 0 Å². The molecule has 3 nitrogen and oxygen atoms in total. The molecule has 0 aliphatic rings. The molecule has 1 unspecified atom stereocenters. The predicted molar refractivity (Wildman–Crippen MR) is 65.4 cm³/mol. The molecular formula is C13H26O3. The molecule has 0 saturated heterocycles. The third-order valence-electron chi connectivity index (χ3n) is 2.32. The van der Waals surface area contributed by atoms with Crippen molar-refractivity contribution in [2.24, 2.45) is 0 Å². The highest BCUT2D eigenvalue weighted by Crippen LogP contribution is 2.07. The highest BCUT2D eigenvalue weighted by atomic mass is 16.6. The van der Waals surface area contributed by atoms with Crippen LogP contribution in [0.15, 0.2) is 0 Å².